The van der Waals surface area contributed by atoms with Crippen LogP contribution in [0.25, 0.3) is 10.9 Å². The van der Waals surface area contributed by atoms with Gasteiger partial charge in [-0.05, 0) is 50.7 Å². The van der Waals surface area contributed by atoms with E-state index in [4.69, 9.17) is 0 Å². The molecule has 5 heteroatoms. The maximum Gasteiger partial charge on any atom is 0.246 e. The molecule has 1 N–H and O–H groups in total. The molecule has 5 nitrogen and oxygen atoms in total. The van der Waals surface area contributed by atoms with E-state index < -0.39 is 0 Å². The Kier molecular flexibility index (Phi) is 4.26. The molecule has 1 saturated heterocycles. The van der Waals surface area contributed by atoms with Crippen molar-refractivity contribution in [1.82, 2.24) is 14.8 Å². The third kappa shape index (κ3) is 2.76. The van der Waals surface area contributed by atoms with E-state index in [0.29, 0.717) is 13.0 Å². The molecule has 0 saturated carbocycles. The maximum absolute atomic E-state index is 13.3. The standard InChI is InChI=1S/C23H27N3O2/c1-15-22-18(17-9-5-6-10-19(17)24-22)13-20-23(28)25(14-21(27)26(15)20)12-11-16-7-3-2-4-8-16/h5-7,9-10,15,20,24H,2-4,8,11-14H2,1H3/t15-,20-/m0/s1. The van der Waals surface area contributed by atoms with E-state index in [1.54, 1.807) is 4.90 Å². The summed E-state index contributed by atoms with van der Waals surface area (Å²) in [6, 6.07) is 7.75. The van der Waals surface area contributed by atoms with Crippen molar-refractivity contribution in [2.75, 3.05) is 13.1 Å². The molecule has 3 aliphatic rings. The lowest BCUT2D eigenvalue weighted by Gasteiger charge is -2.46. The SMILES string of the molecule is C[C@H]1c2[nH]c3ccccc3c2C[C@H]2C(=O)N(CCC3=CCCCC3)CC(=O)N21. The van der Waals surface area contributed by atoms with Crippen LogP contribution in [0, 0.1) is 0 Å². The van der Waals surface area contributed by atoms with Gasteiger partial charge in [0.05, 0.1) is 12.6 Å². The summed E-state index contributed by atoms with van der Waals surface area (Å²) < 4.78 is 0. The predicted molar refractivity (Wildman–Crippen MR) is 109 cm³/mol. The summed E-state index contributed by atoms with van der Waals surface area (Å²) in [5, 5.41) is 1.17. The zero-order chi connectivity index (χ0) is 19.3. The zero-order valence-electron chi connectivity index (χ0n) is 16.4. The molecule has 5 rings (SSSR count). The molecule has 28 heavy (non-hydrogen) atoms. The van der Waals surface area contributed by atoms with E-state index in [-0.39, 0.29) is 30.4 Å². The number of fused-ring (bicyclic) bond motifs is 4. The Balaban J connectivity index is 1.41. The minimum absolute atomic E-state index is 0.0685. The fourth-order valence-electron chi connectivity index (χ4n) is 5.23. The second-order valence-corrected chi connectivity index (χ2v) is 8.38. The lowest BCUT2D eigenvalue weighted by molar-refractivity contribution is -0.159. The Morgan fingerprint density at radius 1 is 1.18 bits per heavy atom. The number of benzene rings is 1. The van der Waals surface area contributed by atoms with Gasteiger partial charge in [-0.15, -0.1) is 0 Å². The third-order valence-corrected chi connectivity index (χ3v) is 6.71. The summed E-state index contributed by atoms with van der Waals surface area (Å²) in [6.07, 6.45) is 8.64. The average Bonchev–Trinajstić information content (AvgIpc) is 3.09. The fraction of sp³-hybridized carbons (Fsp3) is 0.478. The summed E-state index contributed by atoms with van der Waals surface area (Å²) in [6.45, 7) is 2.91. The quantitative estimate of drug-likeness (QED) is 0.829. The number of rotatable bonds is 3. The van der Waals surface area contributed by atoms with Crippen molar-refractivity contribution in [3.63, 3.8) is 0 Å². The maximum atomic E-state index is 13.3. The van der Waals surface area contributed by atoms with Gasteiger partial charge < -0.3 is 14.8 Å². The Hall–Kier alpha value is -2.56. The summed E-state index contributed by atoms with van der Waals surface area (Å²) in [4.78, 5) is 33.4. The van der Waals surface area contributed by atoms with Crippen LogP contribution in [0.15, 0.2) is 35.9 Å². The number of hydrogen-bond acceptors (Lipinski definition) is 2. The topological polar surface area (TPSA) is 56.4 Å². The Bertz CT molecular complexity index is 973. The van der Waals surface area contributed by atoms with Gasteiger partial charge in [0.15, 0.2) is 0 Å². The first kappa shape index (κ1) is 17.5. The van der Waals surface area contributed by atoms with Crippen LogP contribution in [0.5, 0.6) is 0 Å². The predicted octanol–water partition coefficient (Wildman–Crippen LogP) is 3.71. The highest BCUT2D eigenvalue weighted by Crippen LogP contribution is 2.39. The van der Waals surface area contributed by atoms with Crippen LogP contribution in [0.1, 0.15) is 56.3 Å². The van der Waals surface area contributed by atoms with Gasteiger partial charge in [0.1, 0.15) is 6.04 Å². The fourth-order valence-corrected chi connectivity index (χ4v) is 5.23. The van der Waals surface area contributed by atoms with Crippen LogP contribution in [0.3, 0.4) is 0 Å². The van der Waals surface area contributed by atoms with Gasteiger partial charge >= 0.3 is 0 Å². The number of para-hydroxylation sites is 1. The van der Waals surface area contributed by atoms with Crippen LogP contribution >= 0.6 is 0 Å². The van der Waals surface area contributed by atoms with Crippen LogP contribution in [0.2, 0.25) is 0 Å². The number of carbonyl (C=O) groups excluding carboxylic acids is 2. The van der Waals surface area contributed by atoms with Gasteiger partial charge in [-0.1, -0.05) is 29.8 Å². The monoisotopic (exact) mass is 377 g/mol. The molecule has 0 bridgehead atoms. The summed E-state index contributed by atoms with van der Waals surface area (Å²) in [7, 11) is 0. The third-order valence-electron chi connectivity index (χ3n) is 6.71. The first-order valence-electron chi connectivity index (χ1n) is 10.5. The summed E-state index contributed by atoms with van der Waals surface area (Å²) in [5.41, 5.74) is 4.81. The van der Waals surface area contributed by atoms with E-state index in [9.17, 15) is 9.59 Å². The molecule has 1 aromatic carbocycles. The Morgan fingerprint density at radius 2 is 2.04 bits per heavy atom. The number of nitrogens with one attached hydrogen (secondary N) is 1. The number of hydrogen-bond donors (Lipinski definition) is 1. The molecule has 0 radical (unpaired) electrons. The van der Waals surface area contributed by atoms with Crippen molar-refractivity contribution in [2.45, 2.75) is 57.5 Å². The highest BCUT2D eigenvalue weighted by atomic mass is 16.2. The van der Waals surface area contributed by atoms with Crippen LogP contribution in [-0.2, 0) is 16.0 Å². The summed E-state index contributed by atoms with van der Waals surface area (Å²) in [5.74, 6) is 0.179. The lowest BCUT2D eigenvalue weighted by atomic mass is 9.89. The number of H-pyrrole nitrogens is 1. The van der Waals surface area contributed by atoms with Gasteiger partial charge in [0.2, 0.25) is 11.8 Å². The van der Waals surface area contributed by atoms with Crippen LogP contribution in [-0.4, -0.2) is 45.7 Å². The van der Waals surface area contributed by atoms with Gasteiger partial charge in [-0.25, -0.2) is 0 Å². The Labute approximate surface area is 165 Å². The molecular formula is C23H27N3O2. The zero-order valence-corrected chi connectivity index (χ0v) is 16.4. The van der Waals surface area contributed by atoms with E-state index in [2.05, 4.69) is 23.2 Å². The van der Waals surface area contributed by atoms with Crippen molar-refractivity contribution in [2.24, 2.45) is 0 Å². The minimum atomic E-state index is -0.372. The highest BCUT2D eigenvalue weighted by Gasteiger charge is 2.46. The number of piperazine rings is 1. The van der Waals surface area contributed by atoms with Crippen molar-refractivity contribution < 1.29 is 9.59 Å². The van der Waals surface area contributed by atoms with Crippen molar-refractivity contribution in [3.8, 4) is 0 Å². The average molecular weight is 377 g/mol. The smallest absolute Gasteiger partial charge is 0.246 e. The minimum Gasteiger partial charge on any atom is -0.356 e. The molecule has 2 aliphatic heterocycles. The molecule has 1 aromatic heterocycles. The largest absolute Gasteiger partial charge is 0.356 e. The van der Waals surface area contributed by atoms with Gasteiger partial charge in [0, 0.05) is 29.6 Å². The van der Waals surface area contributed by atoms with Gasteiger partial charge in [0.25, 0.3) is 0 Å². The molecule has 1 fully saturated rings. The molecule has 2 amide bonds. The van der Waals surface area contributed by atoms with Crippen LogP contribution < -0.4 is 0 Å². The normalized spacial score (nSPS) is 25.0. The van der Waals surface area contributed by atoms with Gasteiger partial charge in [-0.3, -0.25) is 9.59 Å². The number of aromatic nitrogens is 1. The first-order valence-corrected chi connectivity index (χ1v) is 10.5. The number of nitrogens with zero attached hydrogens (tertiary/aromatic N) is 2. The molecule has 3 heterocycles. The number of carbonyl (C=O) groups is 2. The first-order chi connectivity index (χ1) is 13.6. The molecular weight excluding hydrogens is 350 g/mol. The van der Waals surface area contributed by atoms with Crippen molar-refractivity contribution in [3.05, 3.63) is 47.2 Å². The van der Waals surface area contributed by atoms with E-state index in [1.165, 1.54) is 29.4 Å². The van der Waals surface area contributed by atoms with Crippen molar-refractivity contribution in [1.29, 1.82) is 0 Å². The second-order valence-electron chi connectivity index (χ2n) is 8.38. The van der Waals surface area contributed by atoms with Crippen molar-refractivity contribution >= 4 is 22.7 Å². The molecule has 0 unspecified atom stereocenters. The number of allylic oxidation sites excluding steroid dienone is 1. The van der Waals surface area contributed by atoms with E-state index >= 15 is 0 Å². The molecule has 0 spiro atoms. The number of amides is 2. The van der Waals surface area contributed by atoms with E-state index in [0.717, 1.165) is 30.5 Å². The lowest BCUT2D eigenvalue weighted by Crippen LogP contribution is -2.62. The summed E-state index contributed by atoms with van der Waals surface area (Å²) >= 11 is 0. The second kappa shape index (κ2) is 6.80. The molecule has 2 aromatic rings. The van der Waals surface area contributed by atoms with Gasteiger partial charge in [-0.2, -0.15) is 0 Å². The van der Waals surface area contributed by atoms with E-state index in [1.807, 2.05) is 24.0 Å². The molecule has 1 aliphatic carbocycles. The molecule has 2 atom stereocenters. The molecule has 146 valence electrons. The highest BCUT2D eigenvalue weighted by molar-refractivity contribution is 5.97. The number of aromatic amines is 1. The van der Waals surface area contributed by atoms with Crippen LogP contribution in [0.4, 0.5) is 0 Å². The Morgan fingerprint density at radius 3 is 2.86 bits per heavy atom.